The number of aldehydes is 2. The lowest BCUT2D eigenvalue weighted by Crippen LogP contribution is -2.27. The molecular weight excluding hydrogens is 1440 g/mol. The quantitative estimate of drug-likeness (QED) is 0.0209. The molecule has 0 radical (unpaired) electrons. The highest BCUT2D eigenvalue weighted by Gasteiger charge is 2.30. The van der Waals surface area contributed by atoms with Gasteiger partial charge in [-0.3, -0.25) is 28.8 Å². The second-order valence-corrected chi connectivity index (χ2v) is 25.6. The second-order valence-electron chi connectivity index (χ2n) is 20.6. The van der Waals surface area contributed by atoms with Crippen LogP contribution in [0.3, 0.4) is 0 Å². The third-order valence-electron chi connectivity index (χ3n) is 14.3. The first kappa shape index (κ1) is 82.0. The van der Waals surface area contributed by atoms with E-state index in [9.17, 15) is 45.9 Å². The van der Waals surface area contributed by atoms with Crippen molar-refractivity contribution in [2.75, 3.05) is 65.9 Å². The van der Waals surface area contributed by atoms with Crippen molar-refractivity contribution in [1.29, 1.82) is 10.5 Å². The predicted molar refractivity (Wildman–Crippen MR) is 372 cm³/mol. The van der Waals surface area contributed by atoms with Gasteiger partial charge in [-0.15, -0.1) is 56.7 Å². The van der Waals surface area contributed by atoms with Crippen LogP contribution in [0, 0.1) is 51.7 Å². The van der Waals surface area contributed by atoms with Crippen molar-refractivity contribution in [2.45, 2.75) is 65.7 Å². The van der Waals surface area contributed by atoms with Gasteiger partial charge in [0, 0.05) is 81.5 Å². The number of thiophene rings is 5. The Morgan fingerprint density at radius 2 is 0.892 bits per heavy atom. The summed E-state index contributed by atoms with van der Waals surface area (Å²) < 4.78 is 117. The largest absolute Gasteiger partial charge is 0.483 e. The number of hydrogen-bond acceptors (Lipinski definition) is 26. The first-order chi connectivity index (χ1) is 49.0. The fraction of sp³-hybridized carbons (Fsp3) is 0.290. The number of likely N-dealkylation sites (tertiary alicyclic amines) is 1. The number of rotatable bonds is 8. The van der Waals surface area contributed by atoms with Crippen molar-refractivity contribution in [3.8, 4) is 12.1 Å². The fourth-order valence-corrected chi connectivity index (χ4v) is 15.3. The van der Waals surface area contributed by atoms with Gasteiger partial charge in [0.05, 0.1) is 97.9 Å². The van der Waals surface area contributed by atoms with E-state index < -0.39 is 36.6 Å². The summed E-state index contributed by atoms with van der Waals surface area (Å²) in [5.41, 5.74) is 3.25. The van der Waals surface area contributed by atoms with E-state index in [0.717, 1.165) is 81.7 Å². The number of oxime groups is 1. The highest BCUT2D eigenvalue weighted by Crippen LogP contribution is 2.43. The van der Waals surface area contributed by atoms with Crippen molar-refractivity contribution in [1.82, 2.24) is 4.90 Å². The highest BCUT2D eigenvalue weighted by molar-refractivity contribution is 7.21. The van der Waals surface area contributed by atoms with Crippen LogP contribution in [-0.2, 0) is 61.8 Å². The highest BCUT2D eigenvalue weighted by atomic mass is 32.1. The van der Waals surface area contributed by atoms with Gasteiger partial charge in [-0.05, 0) is 49.6 Å². The van der Waals surface area contributed by atoms with Gasteiger partial charge in [0.25, 0.3) is 6.47 Å². The standard InChI is InChI=1S/C12H10FNO3S.C12H8FNO2S.C12H9FO3S.C11H9FO2S.C10H4FNOS.C6H11NO.C4H6O3.CH2O2.CH4.H3NO/c13-8-3-1-2-7-10(12-16-4-5-17-12)9(6-14-15)18-11(7)8;2*13-8-3-1-2-7-10(12-15-4-5-16-12)9(6-14)17-11(7)8;12-9-3-1-2-7-8(6-15-10(7)9)11-13-4-5-14-11;11-8-3-1-2-6-7(5-13)9(4-12)14-10(6)8;8-6-7-4-2-1-3-5-7;1-3(5)7-4(2)6;2-1-3;;1-2/h1-3,6,12,15H,4-5H2;1-3,12H,4-5H2;1-3,6,12H,4-5H2;1-3,6,11H,4-5H2;1-3,5H;6H,1-5H2;1-2H3;1H,(H,2,3);1H4;2H,1H2. The van der Waals surface area contributed by atoms with Crippen molar-refractivity contribution in [2.24, 2.45) is 11.1 Å². The molecule has 33 heteroatoms. The van der Waals surface area contributed by atoms with E-state index in [1.54, 1.807) is 42.5 Å². The third kappa shape index (κ3) is 21.1. The van der Waals surface area contributed by atoms with Crippen molar-refractivity contribution in [3.63, 3.8) is 0 Å². The number of benzene rings is 5. The summed E-state index contributed by atoms with van der Waals surface area (Å²) >= 11 is 5.89. The van der Waals surface area contributed by atoms with Gasteiger partial charge in [-0.1, -0.05) is 73.2 Å². The molecule has 10 heterocycles. The number of carbonyl (C=O) groups is 6. The molecule has 0 atom stereocenters. The molecule has 5 aliphatic rings. The minimum Gasteiger partial charge on any atom is -0.483 e. The number of ether oxygens (including phenoxy) is 9. The summed E-state index contributed by atoms with van der Waals surface area (Å²) in [5, 5.41) is 48.4. The molecule has 5 fully saturated rings. The molecule has 0 bridgehead atoms. The summed E-state index contributed by atoms with van der Waals surface area (Å²) in [7, 11) is 0. The zero-order valence-corrected chi connectivity index (χ0v) is 57.5. The Labute approximate surface area is 599 Å². The molecule has 0 aliphatic carbocycles. The van der Waals surface area contributed by atoms with Gasteiger partial charge >= 0.3 is 11.9 Å². The van der Waals surface area contributed by atoms with E-state index in [4.69, 9.17) is 68.7 Å². The van der Waals surface area contributed by atoms with Crippen LogP contribution in [-0.4, -0.2) is 130 Å². The number of carbonyl (C=O) groups excluding carboxylic acids is 5. The van der Waals surface area contributed by atoms with Gasteiger partial charge < -0.3 is 63.1 Å². The van der Waals surface area contributed by atoms with Crippen LogP contribution in [0.4, 0.5) is 22.0 Å². The minimum absolute atomic E-state index is 0. The van der Waals surface area contributed by atoms with E-state index >= 15 is 0 Å². The fourth-order valence-electron chi connectivity index (χ4n) is 10.3. The Balaban J connectivity index is 0.000000188. The minimum atomic E-state index is -0.562. The molecule has 15 rings (SSSR count). The number of amides is 1. The number of fused-ring (bicyclic) bond motifs is 5. The molecule has 1 amide bonds. The molecule has 10 aromatic rings. The van der Waals surface area contributed by atoms with Crippen LogP contribution in [0.1, 0.15) is 123 Å². The van der Waals surface area contributed by atoms with Crippen LogP contribution in [0.25, 0.3) is 50.4 Å². The maximum absolute atomic E-state index is 13.7. The van der Waals surface area contributed by atoms with Crippen molar-refractivity contribution in [3.05, 3.63) is 173 Å². The maximum atomic E-state index is 13.7. The van der Waals surface area contributed by atoms with Crippen LogP contribution >= 0.6 is 56.7 Å². The van der Waals surface area contributed by atoms with Crippen molar-refractivity contribution < 1.29 is 109 Å². The number of esters is 2. The number of nitrogens with two attached hydrogens (primary N) is 1. The van der Waals surface area contributed by atoms with E-state index in [0.29, 0.717) is 125 Å². The molecule has 5 aromatic heterocycles. The first-order valence-corrected chi connectivity index (χ1v) is 34.2. The summed E-state index contributed by atoms with van der Waals surface area (Å²) in [6.45, 7) is 8.29. The average molecular weight is 1510 g/mol. The number of halogens is 5. The van der Waals surface area contributed by atoms with Crippen LogP contribution < -0.4 is 5.90 Å². The van der Waals surface area contributed by atoms with Crippen LogP contribution in [0.2, 0.25) is 0 Å². The molecule has 5 aliphatic heterocycles. The molecule has 5 N–H and O–H groups in total. The summed E-state index contributed by atoms with van der Waals surface area (Å²) in [5.74, 6) is 0.876. The van der Waals surface area contributed by atoms with Gasteiger partial charge in [-0.2, -0.15) is 10.5 Å². The zero-order valence-electron chi connectivity index (χ0n) is 53.4. The monoisotopic (exact) mass is 1510 g/mol. The maximum Gasteiger partial charge on any atom is 0.310 e. The van der Waals surface area contributed by atoms with Gasteiger partial charge in [0.1, 0.15) is 51.0 Å². The van der Waals surface area contributed by atoms with Crippen molar-refractivity contribution >= 4 is 151 Å². The third-order valence-corrected chi connectivity index (χ3v) is 20.0. The number of carboxylic acid groups (broad SMARTS) is 1. The molecule has 5 aromatic carbocycles. The Bertz CT molecular complexity index is 4550. The molecule has 0 unspecified atom stereocenters. The molecule has 23 nitrogen and oxygen atoms in total. The Hall–Kier alpha value is -8.98. The smallest absolute Gasteiger partial charge is 0.310 e. The zero-order chi connectivity index (χ0) is 73.0. The lowest BCUT2D eigenvalue weighted by Gasteiger charge is -2.21. The van der Waals surface area contributed by atoms with E-state index in [-0.39, 0.29) is 53.9 Å². The molecular formula is C69H66F5N5O18S5. The number of piperidine rings is 1. The summed E-state index contributed by atoms with van der Waals surface area (Å²) in [6.07, 6.45) is 5.30. The predicted octanol–water partition coefficient (Wildman–Crippen LogP) is 15.0. The summed E-state index contributed by atoms with van der Waals surface area (Å²) in [6, 6.07) is 28.0. The number of hydrogen-bond donors (Lipinski definition) is 4. The SMILES string of the molecule is C.CC(=O)OC(C)=O.Fc1cccc2c(C3OCCO3)csc12.N#Cc1sc2c(F)cccc2c1C1OCCO1.N#Cc1sc2c(F)cccc2c1C=O.NO.O=CN1CCCCC1.O=CO.O=Cc1sc2c(F)cccc2c1C1OCCO1.ON=Cc1sc2c(F)cccc2c1C1OCCO1. The normalized spacial score (nSPS) is 14.9. The van der Waals surface area contributed by atoms with Crippen LogP contribution in [0.15, 0.2) is 102 Å². The van der Waals surface area contributed by atoms with E-state index in [1.807, 2.05) is 28.5 Å². The molecule has 0 spiro atoms. The Morgan fingerprint density at radius 1 is 0.529 bits per heavy atom. The lowest BCUT2D eigenvalue weighted by atomic mass is 10.1. The molecule has 5 saturated heterocycles. The van der Waals surface area contributed by atoms with E-state index in [2.05, 4.69) is 21.9 Å². The van der Waals surface area contributed by atoms with Gasteiger partial charge in [-0.25, -0.2) is 27.8 Å². The number of nitrogens with zero attached hydrogens (tertiary/aromatic N) is 4. The number of nitriles is 2. The average Bonchev–Trinajstić information content (AvgIpc) is 1.66. The Kier molecular flexibility index (Phi) is 33.6. The van der Waals surface area contributed by atoms with Gasteiger partial charge in [0.2, 0.25) is 6.41 Å². The molecule has 102 heavy (non-hydrogen) atoms. The van der Waals surface area contributed by atoms with Gasteiger partial charge in [0.15, 0.2) is 37.7 Å². The summed E-state index contributed by atoms with van der Waals surface area (Å²) in [4.78, 5) is 63.5. The molecule has 0 saturated carbocycles. The lowest BCUT2D eigenvalue weighted by molar-refractivity contribution is -0.156. The van der Waals surface area contributed by atoms with E-state index in [1.165, 1.54) is 98.4 Å². The first-order valence-electron chi connectivity index (χ1n) is 30.1. The topological polar surface area (TPSA) is 335 Å². The van der Waals surface area contributed by atoms with Crippen LogP contribution in [0.5, 0.6) is 0 Å². The molecule has 540 valence electrons. The Morgan fingerprint density at radius 3 is 1.28 bits per heavy atom. The second kappa shape index (κ2) is 41.8.